The molecule has 0 atom stereocenters. The first-order valence-corrected chi connectivity index (χ1v) is 7.68. The zero-order valence-electron chi connectivity index (χ0n) is 13.8. The Balaban J connectivity index is 2.15. The molecule has 0 unspecified atom stereocenters. The first kappa shape index (κ1) is 17.4. The lowest BCUT2D eigenvalue weighted by atomic mass is 10.2. The summed E-state index contributed by atoms with van der Waals surface area (Å²) in [5.41, 5.74) is 1.01. The molecule has 118 valence electrons. The number of guanidine groups is 1. The number of nitrogens with one attached hydrogen (secondary N) is 2. The van der Waals surface area contributed by atoms with Gasteiger partial charge in [0.2, 0.25) is 0 Å². The molecule has 0 aliphatic carbocycles. The first-order chi connectivity index (χ1) is 10.1. The van der Waals surface area contributed by atoms with Crippen molar-refractivity contribution in [2.45, 2.75) is 39.3 Å². The maximum atomic E-state index is 4.28. The molecule has 0 amide bonds. The van der Waals surface area contributed by atoms with E-state index < -0.39 is 0 Å². The molecule has 0 bridgehead atoms. The Hall–Kier alpha value is -1.62. The number of aliphatic imine (C=N–C) groups is 1. The highest BCUT2D eigenvalue weighted by molar-refractivity contribution is 5.79. The van der Waals surface area contributed by atoms with E-state index in [1.165, 1.54) is 6.42 Å². The second-order valence-electron chi connectivity index (χ2n) is 5.46. The van der Waals surface area contributed by atoms with E-state index in [-0.39, 0.29) is 0 Å². The van der Waals surface area contributed by atoms with Crippen molar-refractivity contribution in [3.05, 3.63) is 30.1 Å². The summed E-state index contributed by atoms with van der Waals surface area (Å²) in [7, 11) is 3.96. The van der Waals surface area contributed by atoms with Gasteiger partial charge in [0.05, 0.1) is 12.2 Å². The van der Waals surface area contributed by atoms with Gasteiger partial charge in [0.25, 0.3) is 0 Å². The summed E-state index contributed by atoms with van der Waals surface area (Å²) in [6.07, 6.45) is 4.14. The van der Waals surface area contributed by atoms with Crippen LogP contribution in [0, 0.1) is 0 Å². The maximum Gasteiger partial charge on any atom is 0.191 e. The van der Waals surface area contributed by atoms with Crippen molar-refractivity contribution in [3.8, 4) is 0 Å². The van der Waals surface area contributed by atoms with Crippen LogP contribution in [-0.2, 0) is 6.54 Å². The van der Waals surface area contributed by atoms with E-state index in [2.05, 4.69) is 46.4 Å². The van der Waals surface area contributed by atoms with Crippen LogP contribution in [0.4, 0.5) is 0 Å². The van der Waals surface area contributed by atoms with E-state index >= 15 is 0 Å². The summed E-state index contributed by atoms with van der Waals surface area (Å²) in [5, 5.41) is 6.60. The van der Waals surface area contributed by atoms with Gasteiger partial charge in [-0.3, -0.25) is 9.98 Å². The molecule has 1 aromatic heterocycles. The minimum absolute atomic E-state index is 0.616. The molecule has 5 nitrogen and oxygen atoms in total. The van der Waals surface area contributed by atoms with Gasteiger partial charge in [0, 0.05) is 25.8 Å². The average Bonchev–Trinajstić information content (AvgIpc) is 2.50. The van der Waals surface area contributed by atoms with Crippen molar-refractivity contribution in [3.63, 3.8) is 0 Å². The topological polar surface area (TPSA) is 52.6 Å². The lowest BCUT2D eigenvalue weighted by molar-refractivity contribution is 0.268. The van der Waals surface area contributed by atoms with Crippen molar-refractivity contribution >= 4 is 5.96 Å². The molecule has 1 aromatic rings. The van der Waals surface area contributed by atoms with Crippen LogP contribution < -0.4 is 10.6 Å². The third kappa shape index (κ3) is 7.66. The highest BCUT2D eigenvalue weighted by Gasteiger charge is 2.02. The Bertz CT molecular complexity index is 402. The lowest BCUT2D eigenvalue weighted by Crippen LogP contribution is -2.37. The predicted octanol–water partition coefficient (Wildman–Crippen LogP) is 1.87. The van der Waals surface area contributed by atoms with Gasteiger partial charge in [-0.25, -0.2) is 0 Å². The molecule has 0 saturated heterocycles. The van der Waals surface area contributed by atoms with Crippen molar-refractivity contribution in [2.75, 3.05) is 27.2 Å². The minimum atomic E-state index is 0.616. The largest absolute Gasteiger partial charge is 0.356 e. The summed E-state index contributed by atoms with van der Waals surface area (Å²) in [6.45, 7) is 7.22. The molecular formula is C16H29N5. The van der Waals surface area contributed by atoms with Crippen molar-refractivity contribution in [1.82, 2.24) is 20.5 Å². The average molecular weight is 291 g/mol. The molecule has 2 N–H and O–H groups in total. The molecule has 0 aliphatic rings. The third-order valence-electron chi connectivity index (χ3n) is 3.50. The smallest absolute Gasteiger partial charge is 0.191 e. The van der Waals surface area contributed by atoms with Crippen LogP contribution in [0.3, 0.4) is 0 Å². The summed E-state index contributed by atoms with van der Waals surface area (Å²) >= 11 is 0. The highest BCUT2D eigenvalue weighted by atomic mass is 15.2. The SMILES string of the molecule is CN=C(NCCCCN(C)C(C)C)NCc1ccccn1. The van der Waals surface area contributed by atoms with Gasteiger partial charge in [-0.05, 0) is 52.4 Å². The van der Waals surface area contributed by atoms with Gasteiger partial charge >= 0.3 is 0 Å². The van der Waals surface area contributed by atoms with Crippen LogP contribution in [0.15, 0.2) is 29.4 Å². The normalized spacial score (nSPS) is 12.0. The Morgan fingerprint density at radius 1 is 1.29 bits per heavy atom. The van der Waals surface area contributed by atoms with Crippen LogP contribution in [-0.4, -0.2) is 49.1 Å². The zero-order chi connectivity index (χ0) is 15.5. The van der Waals surface area contributed by atoms with Crippen LogP contribution in [0.5, 0.6) is 0 Å². The molecule has 0 radical (unpaired) electrons. The lowest BCUT2D eigenvalue weighted by Gasteiger charge is -2.20. The van der Waals surface area contributed by atoms with E-state index in [1.807, 2.05) is 18.2 Å². The zero-order valence-corrected chi connectivity index (χ0v) is 13.8. The Labute approximate surface area is 128 Å². The summed E-state index contributed by atoms with van der Waals surface area (Å²) < 4.78 is 0. The van der Waals surface area contributed by atoms with Crippen molar-refractivity contribution in [2.24, 2.45) is 4.99 Å². The maximum absolute atomic E-state index is 4.28. The molecule has 21 heavy (non-hydrogen) atoms. The number of aromatic nitrogens is 1. The fraction of sp³-hybridized carbons (Fsp3) is 0.625. The minimum Gasteiger partial charge on any atom is -0.356 e. The number of rotatable bonds is 8. The van der Waals surface area contributed by atoms with E-state index in [4.69, 9.17) is 0 Å². The van der Waals surface area contributed by atoms with Gasteiger partial charge in [0.15, 0.2) is 5.96 Å². The molecule has 5 heteroatoms. The first-order valence-electron chi connectivity index (χ1n) is 7.68. The summed E-state index contributed by atoms with van der Waals surface area (Å²) in [6, 6.07) is 6.53. The van der Waals surface area contributed by atoms with E-state index in [9.17, 15) is 0 Å². The quantitative estimate of drug-likeness (QED) is 0.436. The van der Waals surface area contributed by atoms with E-state index in [1.54, 1.807) is 13.2 Å². The van der Waals surface area contributed by atoms with Gasteiger partial charge < -0.3 is 15.5 Å². The Morgan fingerprint density at radius 3 is 2.71 bits per heavy atom. The van der Waals surface area contributed by atoms with Gasteiger partial charge in [-0.15, -0.1) is 0 Å². The van der Waals surface area contributed by atoms with Crippen molar-refractivity contribution in [1.29, 1.82) is 0 Å². The number of hydrogen-bond donors (Lipinski definition) is 2. The summed E-state index contributed by atoms with van der Waals surface area (Å²) in [4.78, 5) is 10.9. The molecule has 1 heterocycles. The molecule has 0 spiro atoms. The molecular weight excluding hydrogens is 262 g/mol. The number of hydrogen-bond acceptors (Lipinski definition) is 3. The second-order valence-corrected chi connectivity index (χ2v) is 5.46. The number of unbranched alkanes of at least 4 members (excludes halogenated alkanes) is 1. The van der Waals surface area contributed by atoms with E-state index in [0.29, 0.717) is 12.6 Å². The Kier molecular flexibility index (Phi) is 8.43. The fourth-order valence-electron chi connectivity index (χ4n) is 1.85. The summed E-state index contributed by atoms with van der Waals surface area (Å²) in [5.74, 6) is 0.831. The molecule has 1 rings (SSSR count). The van der Waals surface area contributed by atoms with E-state index in [0.717, 1.165) is 31.2 Å². The van der Waals surface area contributed by atoms with Gasteiger partial charge in [-0.2, -0.15) is 0 Å². The Morgan fingerprint density at radius 2 is 2.10 bits per heavy atom. The molecule has 0 aromatic carbocycles. The second kappa shape index (κ2) is 10.2. The van der Waals surface area contributed by atoms with Crippen molar-refractivity contribution < 1.29 is 0 Å². The van der Waals surface area contributed by atoms with Crippen LogP contribution >= 0.6 is 0 Å². The predicted molar refractivity (Wildman–Crippen MR) is 89.4 cm³/mol. The van der Waals surface area contributed by atoms with Gasteiger partial charge in [0.1, 0.15) is 0 Å². The molecule has 0 fully saturated rings. The number of nitrogens with zero attached hydrogens (tertiary/aromatic N) is 3. The molecule has 0 aliphatic heterocycles. The van der Waals surface area contributed by atoms with Crippen LogP contribution in [0.25, 0.3) is 0 Å². The molecule has 0 saturated carbocycles. The van der Waals surface area contributed by atoms with Crippen LogP contribution in [0.1, 0.15) is 32.4 Å². The number of pyridine rings is 1. The fourth-order valence-corrected chi connectivity index (χ4v) is 1.85. The van der Waals surface area contributed by atoms with Gasteiger partial charge in [-0.1, -0.05) is 6.07 Å². The standard InChI is InChI=1S/C16H29N5/c1-14(2)21(4)12-8-7-11-19-16(17-3)20-13-15-9-5-6-10-18-15/h5-6,9-10,14H,7-8,11-13H2,1-4H3,(H2,17,19,20). The monoisotopic (exact) mass is 291 g/mol. The third-order valence-corrected chi connectivity index (χ3v) is 3.50. The highest BCUT2D eigenvalue weighted by Crippen LogP contribution is 1.97. The van der Waals surface area contributed by atoms with Crippen LogP contribution in [0.2, 0.25) is 0 Å².